The Bertz CT molecular complexity index is 491. The second-order valence-electron chi connectivity index (χ2n) is 4.29. The Kier molecular flexibility index (Phi) is 3.43. The molecular weight excluding hydrogens is 213 g/mol. The molecule has 17 heavy (non-hydrogen) atoms. The average molecular weight is 229 g/mol. The monoisotopic (exact) mass is 229 g/mol. The van der Waals surface area contributed by atoms with Crippen molar-refractivity contribution in [3.8, 4) is 0 Å². The van der Waals surface area contributed by atoms with Gasteiger partial charge in [-0.3, -0.25) is 0 Å². The van der Waals surface area contributed by atoms with Crippen LogP contribution in [0.3, 0.4) is 0 Å². The molecule has 1 atom stereocenters. The first kappa shape index (κ1) is 11.6. The minimum absolute atomic E-state index is 0.164. The van der Waals surface area contributed by atoms with E-state index < -0.39 is 0 Å². The van der Waals surface area contributed by atoms with Gasteiger partial charge < -0.3 is 5.32 Å². The van der Waals surface area contributed by atoms with E-state index in [2.05, 4.69) is 43.4 Å². The third-order valence-corrected chi connectivity index (χ3v) is 2.79. The predicted molar refractivity (Wildman–Crippen MR) is 69.6 cm³/mol. The van der Waals surface area contributed by atoms with Crippen molar-refractivity contribution in [1.29, 1.82) is 0 Å². The van der Waals surface area contributed by atoms with Gasteiger partial charge in [0.1, 0.15) is 5.82 Å². The van der Waals surface area contributed by atoms with Crippen LogP contribution < -0.4 is 5.32 Å². The van der Waals surface area contributed by atoms with Crippen LogP contribution in [0.15, 0.2) is 48.5 Å². The normalized spacial score (nSPS) is 12.2. The van der Waals surface area contributed by atoms with Crippen LogP contribution in [-0.4, -0.2) is 0 Å². The Morgan fingerprint density at radius 3 is 2.41 bits per heavy atom. The quantitative estimate of drug-likeness (QED) is 0.827. The van der Waals surface area contributed by atoms with Crippen LogP contribution >= 0.6 is 0 Å². The van der Waals surface area contributed by atoms with Crippen molar-refractivity contribution in [3.63, 3.8) is 0 Å². The van der Waals surface area contributed by atoms with Gasteiger partial charge in [0.15, 0.2) is 0 Å². The maximum Gasteiger partial charge on any atom is 0.125 e. The number of hydrogen-bond donors (Lipinski definition) is 1. The summed E-state index contributed by atoms with van der Waals surface area (Å²) in [6, 6.07) is 15.0. The molecule has 0 saturated heterocycles. The standard InChI is InChI=1S/C15H16FN/c1-11-6-8-13(9-7-11)12(2)17-15-5-3-4-14(16)10-15/h3-10,12,17H,1-2H3. The highest BCUT2D eigenvalue weighted by atomic mass is 19.1. The fraction of sp³-hybridized carbons (Fsp3) is 0.200. The summed E-state index contributed by atoms with van der Waals surface area (Å²) >= 11 is 0. The number of benzene rings is 2. The van der Waals surface area contributed by atoms with Crippen molar-refractivity contribution in [2.24, 2.45) is 0 Å². The summed E-state index contributed by atoms with van der Waals surface area (Å²) in [5, 5.41) is 3.28. The highest BCUT2D eigenvalue weighted by Gasteiger charge is 2.05. The molecule has 88 valence electrons. The van der Waals surface area contributed by atoms with E-state index >= 15 is 0 Å². The van der Waals surface area contributed by atoms with Gasteiger partial charge in [0.05, 0.1) is 0 Å². The number of rotatable bonds is 3. The second-order valence-corrected chi connectivity index (χ2v) is 4.29. The maximum atomic E-state index is 13.0. The Morgan fingerprint density at radius 2 is 1.76 bits per heavy atom. The molecule has 2 heteroatoms. The first-order chi connectivity index (χ1) is 8.15. The predicted octanol–water partition coefficient (Wildman–Crippen LogP) is 4.31. The molecule has 1 N–H and O–H groups in total. The Labute approximate surface area is 101 Å². The lowest BCUT2D eigenvalue weighted by atomic mass is 10.1. The molecule has 2 rings (SSSR count). The van der Waals surface area contributed by atoms with Crippen molar-refractivity contribution < 1.29 is 4.39 Å². The molecule has 0 spiro atoms. The molecule has 0 radical (unpaired) electrons. The topological polar surface area (TPSA) is 12.0 Å². The van der Waals surface area contributed by atoms with Gasteiger partial charge in [-0.2, -0.15) is 0 Å². The Morgan fingerprint density at radius 1 is 1.06 bits per heavy atom. The SMILES string of the molecule is Cc1ccc(C(C)Nc2cccc(F)c2)cc1. The van der Waals surface area contributed by atoms with Gasteiger partial charge in [-0.05, 0) is 37.6 Å². The molecular formula is C15H16FN. The van der Waals surface area contributed by atoms with Gasteiger partial charge in [-0.1, -0.05) is 35.9 Å². The molecule has 2 aromatic carbocycles. The van der Waals surface area contributed by atoms with Crippen LogP contribution in [0.1, 0.15) is 24.1 Å². The minimum Gasteiger partial charge on any atom is -0.378 e. The van der Waals surface area contributed by atoms with Crippen molar-refractivity contribution in [2.75, 3.05) is 5.32 Å². The van der Waals surface area contributed by atoms with E-state index in [0.29, 0.717) is 0 Å². The number of anilines is 1. The minimum atomic E-state index is -0.217. The van der Waals surface area contributed by atoms with Gasteiger partial charge in [0.25, 0.3) is 0 Å². The van der Waals surface area contributed by atoms with Gasteiger partial charge >= 0.3 is 0 Å². The van der Waals surface area contributed by atoms with E-state index in [9.17, 15) is 4.39 Å². The number of aryl methyl sites for hydroxylation is 1. The summed E-state index contributed by atoms with van der Waals surface area (Å²) in [6.45, 7) is 4.13. The molecule has 0 saturated carbocycles. The fourth-order valence-electron chi connectivity index (χ4n) is 1.77. The molecule has 0 aliphatic rings. The number of hydrogen-bond acceptors (Lipinski definition) is 1. The molecule has 0 aliphatic carbocycles. The molecule has 0 aliphatic heterocycles. The van der Waals surface area contributed by atoms with Crippen LogP contribution in [0.4, 0.5) is 10.1 Å². The Hall–Kier alpha value is -1.83. The maximum absolute atomic E-state index is 13.0. The first-order valence-electron chi connectivity index (χ1n) is 5.74. The van der Waals surface area contributed by atoms with Crippen molar-refractivity contribution in [2.45, 2.75) is 19.9 Å². The Balaban J connectivity index is 2.11. The summed E-state index contributed by atoms with van der Waals surface area (Å²) in [5.41, 5.74) is 3.24. The molecule has 1 nitrogen and oxygen atoms in total. The van der Waals surface area contributed by atoms with E-state index in [0.717, 1.165) is 5.69 Å². The fourth-order valence-corrected chi connectivity index (χ4v) is 1.77. The molecule has 0 fully saturated rings. The zero-order chi connectivity index (χ0) is 12.3. The van der Waals surface area contributed by atoms with Crippen LogP contribution in [-0.2, 0) is 0 Å². The largest absolute Gasteiger partial charge is 0.378 e. The molecule has 1 unspecified atom stereocenters. The number of halogens is 1. The molecule has 0 aromatic heterocycles. The third-order valence-electron chi connectivity index (χ3n) is 2.79. The smallest absolute Gasteiger partial charge is 0.125 e. The van der Waals surface area contributed by atoms with Gasteiger partial charge in [0.2, 0.25) is 0 Å². The van der Waals surface area contributed by atoms with Gasteiger partial charge in [-0.15, -0.1) is 0 Å². The van der Waals surface area contributed by atoms with Gasteiger partial charge in [-0.25, -0.2) is 4.39 Å². The summed E-state index contributed by atoms with van der Waals surface area (Å²) in [6.07, 6.45) is 0. The average Bonchev–Trinajstić information content (AvgIpc) is 2.29. The summed E-state index contributed by atoms with van der Waals surface area (Å²) in [4.78, 5) is 0. The van der Waals surface area contributed by atoms with E-state index in [4.69, 9.17) is 0 Å². The lowest BCUT2D eigenvalue weighted by Gasteiger charge is -2.15. The summed E-state index contributed by atoms with van der Waals surface area (Å²) < 4.78 is 13.0. The zero-order valence-electron chi connectivity index (χ0n) is 10.1. The van der Waals surface area contributed by atoms with Crippen molar-refractivity contribution >= 4 is 5.69 Å². The molecule has 0 heterocycles. The second kappa shape index (κ2) is 5.00. The molecule has 0 amide bonds. The highest BCUT2D eigenvalue weighted by Crippen LogP contribution is 2.19. The lowest BCUT2D eigenvalue weighted by Crippen LogP contribution is -2.06. The molecule has 0 bridgehead atoms. The highest BCUT2D eigenvalue weighted by molar-refractivity contribution is 5.45. The summed E-state index contributed by atoms with van der Waals surface area (Å²) in [5.74, 6) is -0.217. The van der Waals surface area contributed by atoms with E-state index in [-0.39, 0.29) is 11.9 Å². The van der Waals surface area contributed by atoms with Crippen molar-refractivity contribution in [1.82, 2.24) is 0 Å². The van der Waals surface area contributed by atoms with Crippen LogP contribution in [0, 0.1) is 12.7 Å². The number of nitrogens with one attached hydrogen (secondary N) is 1. The van der Waals surface area contributed by atoms with Crippen LogP contribution in [0.25, 0.3) is 0 Å². The van der Waals surface area contributed by atoms with E-state index in [1.165, 1.54) is 23.3 Å². The zero-order valence-corrected chi connectivity index (χ0v) is 10.1. The van der Waals surface area contributed by atoms with Gasteiger partial charge in [0, 0.05) is 11.7 Å². The third kappa shape index (κ3) is 3.06. The van der Waals surface area contributed by atoms with E-state index in [1.54, 1.807) is 6.07 Å². The first-order valence-corrected chi connectivity index (χ1v) is 5.74. The van der Waals surface area contributed by atoms with Crippen LogP contribution in [0.5, 0.6) is 0 Å². The van der Waals surface area contributed by atoms with Crippen molar-refractivity contribution in [3.05, 3.63) is 65.5 Å². The lowest BCUT2D eigenvalue weighted by molar-refractivity contribution is 0.628. The summed E-state index contributed by atoms with van der Waals surface area (Å²) in [7, 11) is 0. The molecule has 2 aromatic rings. The van der Waals surface area contributed by atoms with E-state index in [1.807, 2.05) is 6.07 Å². The van der Waals surface area contributed by atoms with Crippen LogP contribution in [0.2, 0.25) is 0 Å².